The third-order valence-electron chi connectivity index (χ3n) is 5.69. The lowest BCUT2D eigenvalue weighted by Crippen LogP contribution is -2.38. The molecule has 0 bridgehead atoms. The zero-order valence-electron chi connectivity index (χ0n) is 17.4. The maximum absolute atomic E-state index is 12.7. The molecule has 2 amide bonds. The third kappa shape index (κ3) is 4.70. The van der Waals surface area contributed by atoms with Crippen LogP contribution in [0.4, 0.5) is 0 Å². The number of rotatable bonds is 6. The van der Waals surface area contributed by atoms with Crippen molar-refractivity contribution in [3.8, 4) is 0 Å². The Balaban J connectivity index is 1.49. The minimum atomic E-state index is -0.149. The number of hydrogen-bond acceptors (Lipinski definition) is 3. The van der Waals surface area contributed by atoms with Crippen molar-refractivity contribution in [1.29, 1.82) is 0 Å². The van der Waals surface area contributed by atoms with E-state index in [9.17, 15) is 9.59 Å². The fourth-order valence-corrected chi connectivity index (χ4v) is 4.15. The predicted molar refractivity (Wildman–Crippen MR) is 117 cm³/mol. The van der Waals surface area contributed by atoms with E-state index in [0.29, 0.717) is 11.4 Å². The van der Waals surface area contributed by atoms with Gasteiger partial charge in [-0.25, -0.2) is 4.98 Å². The Kier molecular flexibility index (Phi) is 6.12. The van der Waals surface area contributed by atoms with E-state index in [1.807, 2.05) is 54.0 Å². The van der Waals surface area contributed by atoms with Crippen LogP contribution in [0.1, 0.15) is 53.8 Å². The van der Waals surface area contributed by atoms with Crippen LogP contribution in [0.2, 0.25) is 0 Å². The molecule has 4 rings (SSSR count). The van der Waals surface area contributed by atoms with Gasteiger partial charge in [0.15, 0.2) is 0 Å². The van der Waals surface area contributed by atoms with Gasteiger partial charge in [0.05, 0.1) is 17.6 Å². The molecule has 1 aliphatic rings. The number of amides is 2. The maximum atomic E-state index is 12.7. The Morgan fingerprint density at radius 2 is 1.87 bits per heavy atom. The molecule has 156 valence electrons. The van der Waals surface area contributed by atoms with Crippen molar-refractivity contribution in [2.75, 3.05) is 0 Å². The van der Waals surface area contributed by atoms with Crippen LogP contribution >= 0.6 is 0 Å². The van der Waals surface area contributed by atoms with Crippen LogP contribution in [0, 0.1) is 6.92 Å². The number of hydrogen-bond donors (Lipinski definition) is 2. The summed E-state index contributed by atoms with van der Waals surface area (Å²) >= 11 is 0. The first kappa shape index (κ1) is 20.1. The van der Waals surface area contributed by atoms with E-state index >= 15 is 0 Å². The van der Waals surface area contributed by atoms with Gasteiger partial charge in [-0.3, -0.25) is 9.59 Å². The lowest BCUT2D eigenvalue weighted by Gasteiger charge is -2.23. The monoisotopic (exact) mass is 404 g/mol. The summed E-state index contributed by atoms with van der Waals surface area (Å²) in [5.74, 6) is 0.524. The number of aryl methyl sites for hydroxylation is 1. The Hall–Kier alpha value is -3.15. The summed E-state index contributed by atoms with van der Waals surface area (Å²) < 4.78 is 1.91. The first-order chi connectivity index (χ1) is 14.6. The molecule has 1 saturated carbocycles. The fourth-order valence-electron chi connectivity index (χ4n) is 4.15. The summed E-state index contributed by atoms with van der Waals surface area (Å²) in [6.07, 6.45) is 5.71. The van der Waals surface area contributed by atoms with Gasteiger partial charge in [0.2, 0.25) is 5.91 Å². The average Bonchev–Trinajstić information content (AvgIpc) is 3.10. The molecule has 3 aromatic rings. The minimum Gasteiger partial charge on any atom is -0.352 e. The summed E-state index contributed by atoms with van der Waals surface area (Å²) in [4.78, 5) is 29.9. The molecule has 2 N–H and O–H groups in total. The number of carbonyl (C=O) groups excluding carboxylic acids is 2. The molecule has 0 spiro atoms. The predicted octanol–water partition coefficient (Wildman–Crippen LogP) is 3.72. The fraction of sp³-hybridized carbons (Fsp3) is 0.375. The first-order valence-corrected chi connectivity index (χ1v) is 10.7. The van der Waals surface area contributed by atoms with Gasteiger partial charge in [0.1, 0.15) is 12.4 Å². The molecule has 2 aromatic carbocycles. The van der Waals surface area contributed by atoms with Gasteiger partial charge in [-0.2, -0.15) is 0 Å². The van der Waals surface area contributed by atoms with Crippen molar-refractivity contribution in [3.05, 3.63) is 65.5 Å². The molecular formula is C24H28N4O2. The number of para-hydroxylation sites is 2. The summed E-state index contributed by atoms with van der Waals surface area (Å²) in [7, 11) is 0. The zero-order valence-corrected chi connectivity index (χ0v) is 17.4. The van der Waals surface area contributed by atoms with E-state index in [2.05, 4.69) is 15.6 Å². The number of benzene rings is 2. The van der Waals surface area contributed by atoms with Crippen molar-refractivity contribution in [3.63, 3.8) is 0 Å². The summed E-state index contributed by atoms with van der Waals surface area (Å²) in [5.41, 5.74) is 3.38. The van der Waals surface area contributed by atoms with E-state index in [1.165, 1.54) is 19.3 Å². The minimum absolute atomic E-state index is 0.00341. The molecule has 30 heavy (non-hydrogen) atoms. The average molecular weight is 405 g/mol. The maximum Gasteiger partial charge on any atom is 0.251 e. The molecule has 0 aliphatic heterocycles. The molecule has 1 heterocycles. The highest BCUT2D eigenvalue weighted by molar-refractivity contribution is 5.94. The summed E-state index contributed by atoms with van der Waals surface area (Å²) in [6.45, 7) is 2.42. The number of nitrogens with one attached hydrogen (secondary N) is 2. The van der Waals surface area contributed by atoms with Crippen LogP contribution in [0.5, 0.6) is 0 Å². The molecule has 1 aromatic heterocycles. The standard InChI is InChI=1S/C24H28N4O2/c1-17-8-7-9-18(14-17)24(30)25-15-22-27-20-12-5-6-13-21(20)28(22)16-23(29)26-19-10-3-2-4-11-19/h5-9,12-14,19H,2-4,10-11,15-16H2,1H3,(H,25,30)(H,26,29). The van der Waals surface area contributed by atoms with E-state index in [0.717, 1.165) is 29.4 Å². The molecule has 0 saturated heterocycles. The second-order valence-corrected chi connectivity index (χ2v) is 8.06. The molecular weight excluding hydrogens is 376 g/mol. The Morgan fingerprint density at radius 3 is 2.67 bits per heavy atom. The van der Waals surface area contributed by atoms with Crippen molar-refractivity contribution >= 4 is 22.8 Å². The quantitative estimate of drug-likeness (QED) is 0.657. The number of imidazole rings is 1. The lowest BCUT2D eigenvalue weighted by atomic mass is 9.95. The van der Waals surface area contributed by atoms with Crippen LogP contribution in [0.3, 0.4) is 0 Å². The normalized spacial score (nSPS) is 14.6. The Morgan fingerprint density at radius 1 is 1.07 bits per heavy atom. The molecule has 0 atom stereocenters. The van der Waals surface area contributed by atoms with Crippen molar-refractivity contribution in [1.82, 2.24) is 20.2 Å². The van der Waals surface area contributed by atoms with Crippen LogP contribution in [-0.2, 0) is 17.9 Å². The van der Waals surface area contributed by atoms with Gasteiger partial charge in [-0.05, 0) is 44.0 Å². The largest absolute Gasteiger partial charge is 0.352 e. The number of aromatic nitrogens is 2. The van der Waals surface area contributed by atoms with Gasteiger partial charge in [0.25, 0.3) is 5.91 Å². The number of fused-ring (bicyclic) bond motifs is 1. The Labute approximate surface area is 176 Å². The van der Waals surface area contributed by atoms with Gasteiger partial charge in [-0.1, -0.05) is 49.1 Å². The third-order valence-corrected chi connectivity index (χ3v) is 5.69. The van der Waals surface area contributed by atoms with Gasteiger partial charge in [-0.15, -0.1) is 0 Å². The highest BCUT2D eigenvalue weighted by atomic mass is 16.2. The van der Waals surface area contributed by atoms with Crippen LogP contribution in [0.15, 0.2) is 48.5 Å². The number of carbonyl (C=O) groups is 2. The molecule has 0 unspecified atom stereocenters. The lowest BCUT2D eigenvalue weighted by molar-refractivity contribution is -0.122. The van der Waals surface area contributed by atoms with Gasteiger partial charge >= 0.3 is 0 Å². The smallest absolute Gasteiger partial charge is 0.251 e. The van der Waals surface area contributed by atoms with E-state index in [-0.39, 0.29) is 30.9 Å². The van der Waals surface area contributed by atoms with Crippen LogP contribution in [0.25, 0.3) is 11.0 Å². The molecule has 6 heteroatoms. The Bertz CT molecular complexity index is 1050. The van der Waals surface area contributed by atoms with E-state index < -0.39 is 0 Å². The number of nitrogens with zero attached hydrogens (tertiary/aromatic N) is 2. The highest BCUT2D eigenvalue weighted by Gasteiger charge is 2.19. The molecule has 1 fully saturated rings. The molecule has 1 aliphatic carbocycles. The second-order valence-electron chi connectivity index (χ2n) is 8.06. The van der Waals surface area contributed by atoms with Crippen LogP contribution < -0.4 is 10.6 Å². The van der Waals surface area contributed by atoms with E-state index in [1.54, 1.807) is 6.07 Å². The van der Waals surface area contributed by atoms with Gasteiger partial charge in [0, 0.05) is 11.6 Å². The molecule has 0 radical (unpaired) electrons. The second kappa shape index (κ2) is 9.11. The van der Waals surface area contributed by atoms with E-state index in [4.69, 9.17) is 0 Å². The first-order valence-electron chi connectivity index (χ1n) is 10.7. The summed E-state index contributed by atoms with van der Waals surface area (Å²) in [6, 6.07) is 15.5. The summed E-state index contributed by atoms with van der Waals surface area (Å²) in [5, 5.41) is 6.12. The SMILES string of the molecule is Cc1cccc(C(=O)NCc2nc3ccccc3n2CC(=O)NC2CCCCC2)c1. The van der Waals surface area contributed by atoms with Gasteiger partial charge < -0.3 is 15.2 Å². The molecule has 6 nitrogen and oxygen atoms in total. The van der Waals surface area contributed by atoms with Crippen molar-refractivity contribution < 1.29 is 9.59 Å². The topological polar surface area (TPSA) is 76.0 Å². The van der Waals surface area contributed by atoms with Crippen molar-refractivity contribution in [2.45, 2.75) is 58.2 Å². The van der Waals surface area contributed by atoms with Crippen molar-refractivity contribution in [2.24, 2.45) is 0 Å². The highest BCUT2D eigenvalue weighted by Crippen LogP contribution is 2.19. The van der Waals surface area contributed by atoms with Crippen LogP contribution in [-0.4, -0.2) is 27.4 Å². The zero-order chi connectivity index (χ0) is 20.9.